The Morgan fingerprint density at radius 1 is 0.795 bits per heavy atom. The maximum Gasteiger partial charge on any atom is 0.330 e. The zero-order valence-electron chi connectivity index (χ0n) is 24.4. The molecule has 4 unspecified atom stereocenters. The minimum Gasteiger partial charge on any atom is -0.374 e. The molecule has 2 heterocycles. The second kappa shape index (κ2) is 12.8. The van der Waals surface area contributed by atoms with Crippen molar-refractivity contribution in [1.29, 1.82) is 0 Å². The van der Waals surface area contributed by atoms with Crippen molar-refractivity contribution >= 4 is 0 Å². The molecule has 8 nitrogen and oxygen atoms in total. The summed E-state index contributed by atoms with van der Waals surface area (Å²) in [5.74, 6) is 0. The Hall–Kier alpha value is -3.82. The molecule has 5 rings (SSSR count). The molecule has 1 N–H and O–H groups in total. The summed E-state index contributed by atoms with van der Waals surface area (Å²) in [7, 11) is 0. The third kappa shape index (κ3) is 6.79. The van der Waals surface area contributed by atoms with Gasteiger partial charge in [0.2, 0.25) is 0 Å². The molecule has 202 valence electrons. The first-order chi connectivity index (χ1) is 20.3. The van der Waals surface area contributed by atoms with Crippen LogP contribution in [0.3, 0.4) is 0 Å². The third-order valence-corrected chi connectivity index (χ3v) is 6.31. The number of H-pyrrole nitrogens is 1. The summed E-state index contributed by atoms with van der Waals surface area (Å²) >= 11 is 0. The van der Waals surface area contributed by atoms with Gasteiger partial charge in [0, 0.05) is 11.8 Å². The van der Waals surface area contributed by atoms with Gasteiger partial charge in [-0.3, -0.25) is 14.3 Å². The van der Waals surface area contributed by atoms with Crippen LogP contribution in [0.25, 0.3) is 0 Å². The van der Waals surface area contributed by atoms with Gasteiger partial charge in [-0.15, -0.1) is 0 Å². The Bertz CT molecular complexity index is 1550. The Kier molecular flexibility index (Phi) is 7.59. The van der Waals surface area contributed by atoms with Crippen molar-refractivity contribution in [2.75, 3.05) is 6.61 Å². The van der Waals surface area contributed by atoms with Crippen LogP contribution in [-0.2, 0) is 38.7 Å². The predicted octanol–water partition coefficient (Wildman–Crippen LogP) is 4.13. The second-order valence-electron chi connectivity index (χ2n) is 9.16. The first-order valence-electron chi connectivity index (χ1n) is 14.4. The van der Waals surface area contributed by atoms with Gasteiger partial charge in [0.1, 0.15) is 18.3 Å². The smallest absolute Gasteiger partial charge is 0.330 e. The maximum atomic E-state index is 13.0. The molecule has 0 aliphatic carbocycles. The van der Waals surface area contributed by atoms with Crippen LogP contribution in [0.2, 0.25) is 0 Å². The van der Waals surface area contributed by atoms with Gasteiger partial charge in [0.25, 0.3) is 5.56 Å². The van der Waals surface area contributed by atoms with Crippen LogP contribution in [0.4, 0.5) is 0 Å². The van der Waals surface area contributed by atoms with Crippen molar-refractivity contribution in [1.82, 2.24) is 9.55 Å². The van der Waals surface area contributed by atoms with Gasteiger partial charge in [0.05, 0.1) is 30.5 Å². The van der Waals surface area contributed by atoms with Crippen molar-refractivity contribution in [3.63, 3.8) is 0 Å². The first-order valence-corrected chi connectivity index (χ1v) is 12.6. The highest BCUT2D eigenvalue weighted by Gasteiger charge is 2.48. The average Bonchev–Trinajstić information content (AvgIpc) is 3.34. The van der Waals surface area contributed by atoms with Gasteiger partial charge in [0.15, 0.2) is 6.23 Å². The summed E-state index contributed by atoms with van der Waals surface area (Å²) in [6.45, 7) is -1.92. The molecule has 1 aliphatic rings. The molecule has 0 spiro atoms. The zero-order valence-corrected chi connectivity index (χ0v) is 21.4. The third-order valence-electron chi connectivity index (χ3n) is 6.31. The number of nitrogens with one attached hydrogen (secondary N) is 1. The van der Waals surface area contributed by atoms with E-state index in [-0.39, 0.29) is 12.2 Å². The molecule has 8 heteroatoms. The Balaban J connectivity index is 1.50. The molecule has 39 heavy (non-hydrogen) atoms. The van der Waals surface area contributed by atoms with Gasteiger partial charge in [-0.25, -0.2) is 4.79 Å². The molecule has 7 atom stereocenters. The monoisotopic (exact) mass is 531 g/mol. The Labute approximate surface area is 231 Å². The molecular weight excluding hydrogens is 496 g/mol. The Morgan fingerprint density at radius 2 is 1.31 bits per heavy atom. The summed E-state index contributed by atoms with van der Waals surface area (Å²) in [6, 6.07) is 26.9. The van der Waals surface area contributed by atoms with Crippen molar-refractivity contribution in [3.05, 3.63) is 140 Å². The minimum absolute atomic E-state index is 0.128. The SMILES string of the molecule is [2H]C(OC[C@H]1OC(n2cc(C)c(=O)[nH]c2=O)[C@H](OC([2H])c2ccccc2)[C@H]1OC([2H])c1ccccc1)c1ccccc1. The molecule has 0 amide bonds. The molecule has 1 aromatic heterocycles. The van der Waals surface area contributed by atoms with Crippen LogP contribution >= 0.6 is 0 Å². The summed E-state index contributed by atoms with van der Waals surface area (Å²) in [5.41, 5.74) is 0.821. The molecule has 3 aromatic carbocycles. The van der Waals surface area contributed by atoms with Crippen molar-refractivity contribution in [3.8, 4) is 0 Å². The Morgan fingerprint density at radius 3 is 1.87 bits per heavy atom. The summed E-state index contributed by atoms with van der Waals surface area (Å²) in [5, 5.41) is 0. The van der Waals surface area contributed by atoms with E-state index in [9.17, 15) is 9.59 Å². The van der Waals surface area contributed by atoms with Crippen LogP contribution in [0, 0.1) is 6.92 Å². The average molecular weight is 532 g/mol. The lowest BCUT2D eigenvalue weighted by atomic mass is 10.1. The molecule has 1 aliphatic heterocycles. The van der Waals surface area contributed by atoms with E-state index in [4.69, 9.17) is 23.1 Å². The summed E-state index contributed by atoms with van der Waals surface area (Å²) in [4.78, 5) is 27.4. The van der Waals surface area contributed by atoms with Gasteiger partial charge < -0.3 is 18.9 Å². The lowest BCUT2D eigenvalue weighted by Gasteiger charge is -2.25. The highest BCUT2D eigenvalue weighted by molar-refractivity contribution is 5.15. The number of ether oxygens (including phenoxy) is 4. The van der Waals surface area contributed by atoms with Crippen molar-refractivity contribution in [2.45, 2.75) is 51.2 Å². The molecular formula is C31H32N2O6. The lowest BCUT2D eigenvalue weighted by molar-refractivity contribution is -0.0921. The highest BCUT2D eigenvalue weighted by atomic mass is 16.6. The van der Waals surface area contributed by atoms with E-state index in [1.807, 2.05) is 30.3 Å². The quantitative estimate of drug-likeness (QED) is 0.313. The van der Waals surface area contributed by atoms with Crippen LogP contribution < -0.4 is 11.2 Å². The van der Waals surface area contributed by atoms with E-state index in [0.29, 0.717) is 16.7 Å². The van der Waals surface area contributed by atoms with Crippen LogP contribution in [0.15, 0.2) is 107 Å². The molecule has 0 bridgehead atoms. The second-order valence-corrected chi connectivity index (χ2v) is 9.16. The maximum absolute atomic E-state index is 13.0. The molecule has 0 saturated carbocycles. The van der Waals surface area contributed by atoms with E-state index < -0.39 is 55.5 Å². The molecule has 1 fully saturated rings. The van der Waals surface area contributed by atoms with E-state index in [1.165, 1.54) is 10.8 Å². The normalized spacial score (nSPS) is 24.3. The van der Waals surface area contributed by atoms with Crippen molar-refractivity contribution in [2.24, 2.45) is 0 Å². The topological polar surface area (TPSA) is 91.8 Å². The fourth-order valence-corrected chi connectivity index (χ4v) is 4.30. The van der Waals surface area contributed by atoms with Crippen LogP contribution in [0.5, 0.6) is 0 Å². The number of hydrogen-bond acceptors (Lipinski definition) is 6. The van der Waals surface area contributed by atoms with E-state index in [0.717, 1.165) is 0 Å². The summed E-state index contributed by atoms with van der Waals surface area (Å²) in [6.07, 6.45) is -2.71. The largest absolute Gasteiger partial charge is 0.374 e. The van der Waals surface area contributed by atoms with Crippen LogP contribution in [0.1, 0.15) is 32.6 Å². The van der Waals surface area contributed by atoms with Gasteiger partial charge in [-0.05, 0) is 23.6 Å². The number of hydrogen-bond donors (Lipinski definition) is 1. The fraction of sp³-hybridized carbons (Fsp3) is 0.290. The zero-order chi connectivity index (χ0) is 29.6. The van der Waals surface area contributed by atoms with E-state index >= 15 is 0 Å². The van der Waals surface area contributed by atoms with Gasteiger partial charge >= 0.3 is 5.69 Å². The fourth-order valence-electron chi connectivity index (χ4n) is 4.30. The van der Waals surface area contributed by atoms with Gasteiger partial charge in [-0.1, -0.05) is 91.0 Å². The number of rotatable bonds is 11. The van der Waals surface area contributed by atoms with E-state index in [1.54, 1.807) is 67.6 Å². The molecule has 1 saturated heterocycles. The van der Waals surface area contributed by atoms with E-state index in [2.05, 4.69) is 4.98 Å². The number of nitrogens with zero attached hydrogens (tertiary/aromatic N) is 1. The van der Waals surface area contributed by atoms with Crippen LogP contribution in [-0.4, -0.2) is 34.5 Å². The number of aromatic nitrogens is 2. The molecule has 4 aromatic rings. The number of aromatic amines is 1. The standard InChI is InChI=1S/C31H32N2O6/c1-22-17-33(31(35)32-29(22)34)30-28(38-20-25-15-9-4-10-16-25)27(37-19-24-13-7-3-8-14-24)26(39-30)21-36-18-23-11-5-2-6-12-23/h2-17,26-28,30H,18-21H2,1H3,(H,32,34,35)/t26-,27+,28-,30?/m1/s1/i18D,19D,20D/t18?,19?,20?,26-,27+,28-,30?. The van der Waals surface area contributed by atoms with Crippen molar-refractivity contribution < 1.29 is 23.1 Å². The predicted molar refractivity (Wildman–Crippen MR) is 146 cm³/mol. The number of aryl methyl sites for hydroxylation is 1. The summed E-state index contributed by atoms with van der Waals surface area (Å²) < 4.78 is 51.9. The van der Waals surface area contributed by atoms with Gasteiger partial charge in [-0.2, -0.15) is 0 Å². The lowest BCUT2D eigenvalue weighted by Crippen LogP contribution is -2.41. The highest BCUT2D eigenvalue weighted by Crippen LogP contribution is 2.34. The molecule has 0 radical (unpaired) electrons. The minimum atomic E-state index is -1.18. The number of benzene rings is 3. The first kappa shape index (κ1) is 23.1.